The molecular formula is C16H15ClOS. The van der Waals surface area contributed by atoms with Crippen molar-refractivity contribution in [1.82, 2.24) is 0 Å². The number of fused-ring (bicyclic) bond motifs is 3. The van der Waals surface area contributed by atoms with Crippen LogP contribution >= 0.6 is 22.9 Å². The number of aromatic hydroxyl groups is 1. The molecule has 19 heavy (non-hydrogen) atoms. The maximum absolute atomic E-state index is 10.00. The van der Waals surface area contributed by atoms with Gasteiger partial charge in [0.25, 0.3) is 0 Å². The molecule has 1 nitrogen and oxygen atoms in total. The Morgan fingerprint density at radius 1 is 0.947 bits per heavy atom. The summed E-state index contributed by atoms with van der Waals surface area (Å²) in [6.07, 6.45) is 1.77. The topological polar surface area (TPSA) is 20.2 Å². The van der Waals surface area contributed by atoms with E-state index in [0.29, 0.717) is 5.75 Å². The third kappa shape index (κ3) is 1.82. The van der Waals surface area contributed by atoms with Gasteiger partial charge in [-0.05, 0) is 36.6 Å². The van der Waals surface area contributed by atoms with Crippen LogP contribution in [0.4, 0.5) is 0 Å². The Morgan fingerprint density at radius 2 is 1.53 bits per heavy atom. The van der Waals surface area contributed by atoms with Gasteiger partial charge in [0.15, 0.2) is 0 Å². The molecule has 0 aliphatic rings. The van der Waals surface area contributed by atoms with Gasteiger partial charge in [0.05, 0.1) is 0 Å². The second-order valence-electron chi connectivity index (χ2n) is 4.65. The van der Waals surface area contributed by atoms with Gasteiger partial charge in [0.1, 0.15) is 5.75 Å². The number of hydrogen-bond donors (Lipinski definition) is 1. The predicted molar refractivity (Wildman–Crippen MR) is 84.8 cm³/mol. The molecule has 3 aromatic rings. The lowest BCUT2D eigenvalue weighted by Crippen LogP contribution is -1.82. The molecule has 0 aliphatic carbocycles. The molecule has 2 aromatic carbocycles. The molecule has 3 rings (SSSR count). The Kier molecular flexibility index (Phi) is 3.15. The highest BCUT2D eigenvalue weighted by Crippen LogP contribution is 2.42. The summed E-state index contributed by atoms with van der Waals surface area (Å²) in [7, 11) is 0. The van der Waals surface area contributed by atoms with Crippen molar-refractivity contribution in [2.24, 2.45) is 0 Å². The van der Waals surface area contributed by atoms with Crippen molar-refractivity contribution in [1.29, 1.82) is 0 Å². The Balaban J connectivity index is 2.51. The number of phenols is 1. The first kappa shape index (κ1) is 12.8. The average Bonchev–Trinajstić information content (AvgIpc) is 2.77. The van der Waals surface area contributed by atoms with Gasteiger partial charge in [0, 0.05) is 30.8 Å². The van der Waals surface area contributed by atoms with Crippen molar-refractivity contribution in [3.63, 3.8) is 0 Å². The normalized spacial score (nSPS) is 11.5. The van der Waals surface area contributed by atoms with E-state index >= 15 is 0 Å². The van der Waals surface area contributed by atoms with E-state index in [0.717, 1.165) is 23.4 Å². The van der Waals surface area contributed by atoms with Crippen molar-refractivity contribution < 1.29 is 5.11 Å². The highest BCUT2D eigenvalue weighted by atomic mass is 35.5. The summed E-state index contributed by atoms with van der Waals surface area (Å²) in [4.78, 5) is 0. The number of hydrogen-bond acceptors (Lipinski definition) is 2. The maximum atomic E-state index is 10.00. The summed E-state index contributed by atoms with van der Waals surface area (Å²) in [6, 6.07) is 7.88. The number of rotatable bonds is 2. The van der Waals surface area contributed by atoms with Crippen molar-refractivity contribution in [2.45, 2.75) is 26.7 Å². The van der Waals surface area contributed by atoms with E-state index in [2.05, 4.69) is 19.9 Å². The number of benzene rings is 2. The minimum atomic E-state index is 0.394. The Morgan fingerprint density at radius 3 is 2.16 bits per heavy atom. The summed E-state index contributed by atoms with van der Waals surface area (Å²) >= 11 is 8.04. The fourth-order valence-corrected chi connectivity index (χ4v) is 4.53. The van der Waals surface area contributed by atoms with Crippen LogP contribution in [0.3, 0.4) is 0 Å². The summed E-state index contributed by atoms with van der Waals surface area (Å²) in [5.41, 5.74) is 2.25. The zero-order valence-electron chi connectivity index (χ0n) is 11.0. The first-order valence-corrected chi connectivity index (χ1v) is 7.71. The minimum Gasteiger partial charge on any atom is -0.508 e. The zero-order chi connectivity index (χ0) is 13.6. The molecule has 98 valence electrons. The SMILES string of the molecule is CCc1c(O)ccc2c1sc1c(CC)c(Cl)ccc12. The van der Waals surface area contributed by atoms with Gasteiger partial charge < -0.3 is 5.11 Å². The van der Waals surface area contributed by atoms with Gasteiger partial charge in [-0.25, -0.2) is 0 Å². The third-order valence-corrected chi connectivity index (χ3v) is 5.34. The minimum absolute atomic E-state index is 0.394. The van der Waals surface area contributed by atoms with Crippen LogP contribution in [0.2, 0.25) is 5.02 Å². The van der Waals surface area contributed by atoms with Crippen LogP contribution < -0.4 is 0 Å². The van der Waals surface area contributed by atoms with Crippen LogP contribution in [0.25, 0.3) is 20.2 Å². The third-order valence-electron chi connectivity index (χ3n) is 3.64. The van der Waals surface area contributed by atoms with E-state index < -0.39 is 0 Å². The van der Waals surface area contributed by atoms with Crippen molar-refractivity contribution in [3.8, 4) is 5.75 Å². The Bertz CT molecular complexity index is 709. The van der Waals surface area contributed by atoms with Gasteiger partial charge in [-0.2, -0.15) is 0 Å². The van der Waals surface area contributed by atoms with Crippen LogP contribution in [0.15, 0.2) is 24.3 Å². The average molecular weight is 291 g/mol. The lowest BCUT2D eigenvalue weighted by molar-refractivity contribution is 0.470. The molecule has 3 heteroatoms. The molecule has 0 amide bonds. The van der Waals surface area contributed by atoms with E-state index in [-0.39, 0.29) is 0 Å². The summed E-state index contributed by atoms with van der Waals surface area (Å²) in [5.74, 6) is 0.394. The fourth-order valence-electron chi connectivity index (χ4n) is 2.65. The second-order valence-corrected chi connectivity index (χ2v) is 6.08. The summed E-state index contributed by atoms with van der Waals surface area (Å²) in [5, 5.41) is 13.3. The van der Waals surface area contributed by atoms with E-state index in [1.54, 1.807) is 17.4 Å². The van der Waals surface area contributed by atoms with Crippen LogP contribution in [0.5, 0.6) is 5.75 Å². The van der Waals surface area contributed by atoms with Crippen molar-refractivity contribution in [2.75, 3.05) is 0 Å². The molecule has 0 unspecified atom stereocenters. The van der Waals surface area contributed by atoms with E-state index in [1.807, 2.05) is 12.1 Å². The van der Waals surface area contributed by atoms with Gasteiger partial charge in [-0.15, -0.1) is 11.3 Å². The molecule has 1 aromatic heterocycles. The number of thiophene rings is 1. The van der Waals surface area contributed by atoms with Gasteiger partial charge in [-0.1, -0.05) is 31.5 Å². The van der Waals surface area contributed by atoms with Crippen LogP contribution in [-0.4, -0.2) is 5.11 Å². The molecule has 0 saturated carbocycles. The summed E-state index contributed by atoms with van der Waals surface area (Å²) in [6.45, 7) is 4.20. The molecule has 0 spiro atoms. The summed E-state index contributed by atoms with van der Waals surface area (Å²) < 4.78 is 2.44. The highest BCUT2D eigenvalue weighted by Gasteiger charge is 2.14. The van der Waals surface area contributed by atoms with Gasteiger partial charge in [-0.3, -0.25) is 0 Å². The van der Waals surface area contributed by atoms with Crippen LogP contribution in [-0.2, 0) is 12.8 Å². The Hall–Kier alpha value is -1.25. The maximum Gasteiger partial charge on any atom is 0.120 e. The second kappa shape index (κ2) is 4.69. The van der Waals surface area contributed by atoms with Gasteiger partial charge >= 0.3 is 0 Å². The molecule has 1 N–H and O–H groups in total. The molecule has 1 heterocycles. The lowest BCUT2D eigenvalue weighted by atomic mass is 10.0. The monoisotopic (exact) mass is 290 g/mol. The molecule has 0 atom stereocenters. The first-order valence-electron chi connectivity index (χ1n) is 6.51. The quantitative estimate of drug-likeness (QED) is 0.657. The zero-order valence-corrected chi connectivity index (χ0v) is 12.5. The van der Waals surface area contributed by atoms with Crippen LogP contribution in [0.1, 0.15) is 25.0 Å². The van der Waals surface area contributed by atoms with Crippen molar-refractivity contribution in [3.05, 3.63) is 40.4 Å². The molecular weight excluding hydrogens is 276 g/mol. The lowest BCUT2D eigenvalue weighted by Gasteiger charge is -2.02. The first-order chi connectivity index (χ1) is 9.17. The highest BCUT2D eigenvalue weighted by molar-refractivity contribution is 7.26. The molecule has 0 radical (unpaired) electrons. The predicted octanol–water partition coefficient (Wildman–Crippen LogP) is 5.54. The number of halogens is 1. The van der Waals surface area contributed by atoms with E-state index in [9.17, 15) is 5.11 Å². The van der Waals surface area contributed by atoms with Crippen LogP contribution in [0, 0.1) is 0 Å². The number of phenolic OH excluding ortho intramolecular Hbond substituents is 1. The molecule has 0 saturated heterocycles. The standard InChI is InChI=1S/C16H15ClOS/c1-3-9-13(17)7-5-11-12-6-8-14(18)10(4-2)16(12)19-15(9)11/h5-8,18H,3-4H2,1-2H3. The Labute approximate surface area is 121 Å². The van der Waals surface area contributed by atoms with Crippen molar-refractivity contribution >= 4 is 43.1 Å². The number of aryl methyl sites for hydroxylation is 2. The van der Waals surface area contributed by atoms with E-state index in [4.69, 9.17) is 11.6 Å². The van der Waals surface area contributed by atoms with E-state index in [1.165, 1.54) is 25.7 Å². The fraction of sp³-hybridized carbons (Fsp3) is 0.250. The molecule has 0 aliphatic heterocycles. The molecule has 0 bridgehead atoms. The molecule has 0 fully saturated rings. The largest absolute Gasteiger partial charge is 0.508 e. The smallest absolute Gasteiger partial charge is 0.120 e. The van der Waals surface area contributed by atoms with Gasteiger partial charge in [0.2, 0.25) is 0 Å².